The van der Waals surface area contributed by atoms with Crippen LogP contribution in [-0.2, 0) is 5.75 Å². The molecule has 0 fully saturated rings. The molecule has 0 aliphatic heterocycles. The normalized spacial score (nSPS) is 10.4. The third-order valence-electron chi connectivity index (χ3n) is 2.54. The van der Waals surface area contributed by atoms with Gasteiger partial charge in [-0.3, -0.25) is 10.1 Å². The van der Waals surface area contributed by atoms with E-state index in [4.69, 9.17) is 9.84 Å². The van der Waals surface area contributed by atoms with Gasteiger partial charge in [0.2, 0.25) is 0 Å². The van der Waals surface area contributed by atoms with Crippen molar-refractivity contribution in [3.8, 4) is 5.75 Å². The first-order valence-electron chi connectivity index (χ1n) is 6.18. The van der Waals surface area contributed by atoms with E-state index >= 15 is 0 Å². The summed E-state index contributed by atoms with van der Waals surface area (Å²) in [7, 11) is 0. The molecule has 106 valence electrons. The molecule has 0 saturated carbocycles. The molecule has 0 aliphatic rings. The van der Waals surface area contributed by atoms with Crippen molar-refractivity contribution in [3.63, 3.8) is 0 Å². The highest BCUT2D eigenvalue weighted by Gasteiger charge is 2.10. The molecule has 1 aromatic rings. The molecule has 5 nitrogen and oxygen atoms in total. The molecule has 0 spiro atoms. The van der Waals surface area contributed by atoms with Gasteiger partial charge in [0.05, 0.1) is 17.6 Å². The molecule has 19 heavy (non-hydrogen) atoms. The molecule has 0 atom stereocenters. The van der Waals surface area contributed by atoms with E-state index in [0.29, 0.717) is 12.4 Å². The number of aliphatic hydroxyl groups excluding tert-OH is 1. The summed E-state index contributed by atoms with van der Waals surface area (Å²) in [5, 5.41) is 19.5. The topological polar surface area (TPSA) is 72.6 Å². The number of rotatable bonds is 9. The lowest BCUT2D eigenvalue weighted by Crippen LogP contribution is -2.00. The molecule has 0 aromatic heterocycles. The third-order valence-corrected chi connectivity index (χ3v) is 3.17. The van der Waals surface area contributed by atoms with Crippen molar-refractivity contribution >= 4 is 17.4 Å². The van der Waals surface area contributed by atoms with E-state index in [2.05, 4.69) is 0 Å². The number of nitro benzene ring substituents is 1. The summed E-state index contributed by atoms with van der Waals surface area (Å²) in [6, 6.07) is 4.88. The number of thioether (sulfide) groups is 1. The number of benzene rings is 1. The standard InChI is InChI=1S/C13H19NO4S/c1-19-10-11-7-12(14(16)17)9-13(8-11)18-6-4-2-3-5-15/h7-9,15H,2-6,10H2,1H3. The summed E-state index contributed by atoms with van der Waals surface area (Å²) >= 11 is 1.61. The average Bonchev–Trinajstić information content (AvgIpc) is 2.38. The Morgan fingerprint density at radius 3 is 2.74 bits per heavy atom. The lowest BCUT2D eigenvalue weighted by atomic mass is 10.2. The zero-order chi connectivity index (χ0) is 14.1. The van der Waals surface area contributed by atoms with Crippen molar-refractivity contribution in [2.45, 2.75) is 25.0 Å². The first-order valence-corrected chi connectivity index (χ1v) is 7.57. The lowest BCUT2D eigenvalue weighted by molar-refractivity contribution is -0.385. The van der Waals surface area contributed by atoms with E-state index in [1.807, 2.05) is 12.3 Å². The van der Waals surface area contributed by atoms with Crippen LogP contribution in [0.1, 0.15) is 24.8 Å². The van der Waals surface area contributed by atoms with Crippen LogP contribution in [0.2, 0.25) is 0 Å². The highest BCUT2D eigenvalue weighted by Crippen LogP contribution is 2.25. The Morgan fingerprint density at radius 1 is 1.32 bits per heavy atom. The number of hydrogen-bond acceptors (Lipinski definition) is 5. The van der Waals surface area contributed by atoms with Crippen LogP contribution in [0.15, 0.2) is 18.2 Å². The van der Waals surface area contributed by atoms with Crippen molar-refractivity contribution in [1.29, 1.82) is 0 Å². The van der Waals surface area contributed by atoms with Crippen molar-refractivity contribution < 1.29 is 14.8 Å². The summed E-state index contributed by atoms with van der Waals surface area (Å²) in [5.41, 5.74) is 0.962. The smallest absolute Gasteiger partial charge is 0.273 e. The second-order valence-electron chi connectivity index (χ2n) is 4.16. The molecular weight excluding hydrogens is 266 g/mol. The van der Waals surface area contributed by atoms with Gasteiger partial charge in [0, 0.05) is 18.4 Å². The zero-order valence-electron chi connectivity index (χ0n) is 11.0. The van der Waals surface area contributed by atoms with Gasteiger partial charge in [0.15, 0.2) is 0 Å². The molecule has 1 N–H and O–H groups in total. The quantitative estimate of drug-likeness (QED) is 0.429. The average molecular weight is 285 g/mol. The highest BCUT2D eigenvalue weighted by atomic mass is 32.2. The molecule has 1 rings (SSSR count). The van der Waals surface area contributed by atoms with Gasteiger partial charge in [0.1, 0.15) is 5.75 Å². The van der Waals surface area contributed by atoms with Crippen LogP contribution in [0.3, 0.4) is 0 Å². The number of ether oxygens (including phenoxy) is 1. The number of unbranched alkanes of at least 4 members (excludes halogenated alkanes) is 2. The highest BCUT2D eigenvalue weighted by molar-refractivity contribution is 7.97. The van der Waals surface area contributed by atoms with Crippen LogP contribution in [0.5, 0.6) is 5.75 Å². The molecule has 0 unspecified atom stereocenters. The molecular formula is C13H19NO4S. The Labute approximate surface area is 117 Å². The number of non-ortho nitro benzene ring substituents is 1. The number of nitro groups is 1. The van der Waals surface area contributed by atoms with Gasteiger partial charge in [0.25, 0.3) is 5.69 Å². The molecule has 0 amide bonds. The first-order chi connectivity index (χ1) is 9.17. The molecule has 6 heteroatoms. The first kappa shape index (κ1) is 15.8. The Balaban J connectivity index is 2.62. The summed E-state index contributed by atoms with van der Waals surface area (Å²) < 4.78 is 5.54. The minimum Gasteiger partial charge on any atom is -0.493 e. The van der Waals surface area contributed by atoms with Crippen molar-refractivity contribution in [1.82, 2.24) is 0 Å². The molecule has 0 saturated heterocycles. The van der Waals surface area contributed by atoms with E-state index in [1.54, 1.807) is 17.8 Å². The number of nitrogens with zero attached hydrogens (tertiary/aromatic N) is 1. The summed E-state index contributed by atoms with van der Waals surface area (Å²) in [6.07, 6.45) is 4.44. The zero-order valence-corrected chi connectivity index (χ0v) is 11.8. The molecule has 1 aromatic carbocycles. The van der Waals surface area contributed by atoms with Crippen LogP contribution in [-0.4, -0.2) is 29.5 Å². The van der Waals surface area contributed by atoms with Crippen LogP contribution in [0.4, 0.5) is 5.69 Å². The van der Waals surface area contributed by atoms with E-state index in [1.165, 1.54) is 6.07 Å². The van der Waals surface area contributed by atoms with E-state index < -0.39 is 4.92 Å². The predicted octanol–water partition coefficient (Wildman–Crippen LogP) is 3.00. The van der Waals surface area contributed by atoms with Crippen LogP contribution in [0, 0.1) is 10.1 Å². The van der Waals surface area contributed by atoms with Crippen LogP contribution in [0.25, 0.3) is 0 Å². The summed E-state index contributed by atoms with van der Waals surface area (Å²) in [4.78, 5) is 10.4. The van der Waals surface area contributed by atoms with Crippen LogP contribution < -0.4 is 4.74 Å². The number of hydrogen-bond donors (Lipinski definition) is 1. The molecule has 0 heterocycles. The minimum atomic E-state index is -0.400. The van der Waals surface area contributed by atoms with Gasteiger partial charge in [-0.25, -0.2) is 0 Å². The second-order valence-corrected chi connectivity index (χ2v) is 5.02. The summed E-state index contributed by atoms with van der Waals surface area (Å²) in [5.74, 6) is 1.27. The predicted molar refractivity (Wildman–Crippen MR) is 76.7 cm³/mol. The van der Waals surface area contributed by atoms with Gasteiger partial charge in [-0.1, -0.05) is 0 Å². The maximum Gasteiger partial charge on any atom is 0.273 e. The van der Waals surface area contributed by atoms with Gasteiger partial charge in [-0.2, -0.15) is 11.8 Å². The second kappa shape index (κ2) is 8.77. The third kappa shape index (κ3) is 5.94. The van der Waals surface area contributed by atoms with Crippen molar-refractivity contribution in [2.75, 3.05) is 19.5 Å². The fourth-order valence-corrected chi connectivity index (χ4v) is 2.16. The lowest BCUT2D eigenvalue weighted by Gasteiger charge is -2.08. The maximum atomic E-state index is 10.8. The summed E-state index contributed by atoms with van der Waals surface area (Å²) in [6.45, 7) is 0.703. The van der Waals surface area contributed by atoms with Crippen LogP contribution >= 0.6 is 11.8 Å². The Hall–Kier alpha value is -1.27. The molecule has 0 radical (unpaired) electrons. The van der Waals surface area contributed by atoms with E-state index in [9.17, 15) is 10.1 Å². The largest absolute Gasteiger partial charge is 0.493 e. The van der Waals surface area contributed by atoms with Gasteiger partial charge >= 0.3 is 0 Å². The van der Waals surface area contributed by atoms with Gasteiger partial charge in [-0.15, -0.1) is 0 Å². The van der Waals surface area contributed by atoms with Gasteiger partial charge < -0.3 is 9.84 Å². The fraction of sp³-hybridized carbons (Fsp3) is 0.538. The Morgan fingerprint density at radius 2 is 2.11 bits per heavy atom. The van der Waals surface area contributed by atoms with E-state index in [0.717, 1.165) is 30.6 Å². The minimum absolute atomic E-state index is 0.0666. The molecule has 0 bridgehead atoms. The van der Waals surface area contributed by atoms with Crippen molar-refractivity contribution in [2.24, 2.45) is 0 Å². The van der Waals surface area contributed by atoms with E-state index in [-0.39, 0.29) is 12.3 Å². The maximum absolute atomic E-state index is 10.8. The SMILES string of the molecule is CSCc1cc(OCCCCCO)cc([N+](=O)[O-])c1. The fourth-order valence-electron chi connectivity index (χ4n) is 1.66. The van der Waals surface area contributed by atoms with Crippen molar-refractivity contribution in [3.05, 3.63) is 33.9 Å². The Bertz CT molecular complexity index is 412. The van der Waals surface area contributed by atoms with Gasteiger partial charge in [-0.05, 0) is 37.1 Å². The monoisotopic (exact) mass is 285 g/mol. The number of aliphatic hydroxyl groups is 1. The molecule has 0 aliphatic carbocycles. The Kier molecular flexibility index (Phi) is 7.28.